The van der Waals surface area contributed by atoms with Crippen molar-refractivity contribution in [2.24, 2.45) is 11.3 Å². The van der Waals surface area contributed by atoms with Crippen molar-refractivity contribution in [1.29, 1.82) is 0 Å². The first-order valence-corrected chi connectivity index (χ1v) is 13.6. The van der Waals surface area contributed by atoms with Crippen molar-refractivity contribution < 1.29 is 23.5 Å². The van der Waals surface area contributed by atoms with E-state index < -0.39 is 8.32 Å². The van der Waals surface area contributed by atoms with Crippen LogP contribution in [0, 0.1) is 11.3 Å². The van der Waals surface area contributed by atoms with Gasteiger partial charge in [0, 0.05) is 25.7 Å². The topological polar surface area (TPSA) is 61.8 Å². The smallest absolute Gasteiger partial charge is 0.302 e. The molecule has 0 radical (unpaired) electrons. The Morgan fingerprint density at radius 3 is 1.94 bits per heavy atom. The lowest BCUT2D eigenvalue weighted by atomic mass is 10.0. The van der Waals surface area contributed by atoms with Gasteiger partial charge >= 0.3 is 11.9 Å². The van der Waals surface area contributed by atoms with Crippen LogP contribution in [0.4, 0.5) is 0 Å². The molecule has 0 bridgehead atoms. The Morgan fingerprint density at radius 2 is 1.48 bits per heavy atom. The molecule has 2 aromatic carbocycles. The summed E-state index contributed by atoms with van der Waals surface area (Å²) in [7, 11) is -2.72. The highest BCUT2D eigenvalue weighted by atomic mass is 28.4. The molecule has 2 aliphatic carbocycles. The van der Waals surface area contributed by atoms with Crippen LogP contribution in [0.25, 0.3) is 0 Å². The van der Waals surface area contributed by atoms with Gasteiger partial charge in [0.1, 0.15) is 12.7 Å². The fourth-order valence-corrected chi connectivity index (χ4v) is 10.5. The summed E-state index contributed by atoms with van der Waals surface area (Å²) in [6.07, 6.45) is 1.08. The summed E-state index contributed by atoms with van der Waals surface area (Å²) in [5.74, 6) is -0.422. The molecule has 176 valence electrons. The second kappa shape index (κ2) is 8.73. The zero-order valence-electron chi connectivity index (χ0n) is 20.2. The molecule has 4 rings (SSSR count). The fourth-order valence-electron chi connectivity index (χ4n) is 5.74. The SMILES string of the molecule is CC(=O)OC[C@@]12C[C@@H]1[C@H](O[Si](c1ccccc1)(c1ccccc1)C(C)(C)C)C[C@@H]2OC(C)=O. The Morgan fingerprint density at radius 1 is 0.939 bits per heavy atom. The predicted molar refractivity (Wildman–Crippen MR) is 130 cm³/mol. The van der Waals surface area contributed by atoms with E-state index in [0.29, 0.717) is 6.42 Å². The highest BCUT2D eigenvalue weighted by molar-refractivity contribution is 6.99. The van der Waals surface area contributed by atoms with Crippen molar-refractivity contribution in [2.45, 2.75) is 64.7 Å². The van der Waals surface area contributed by atoms with Crippen molar-refractivity contribution in [3.63, 3.8) is 0 Å². The third-order valence-corrected chi connectivity index (χ3v) is 12.4. The Kier molecular flexibility index (Phi) is 6.27. The van der Waals surface area contributed by atoms with E-state index in [-0.39, 0.29) is 47.1 Å². The van der Waals surface area contributed by atoms with Gasteiger partial charge in [0.25, 0.3) is 8.32 Å². The predicted octanol–water partition coefficient (Wildman–Crippen LogP) is 3.84. The van der Waals surface area contributed by atoms with Gasteiger partial charge in [-0.2, -0.15) is 0 Å². The van der Waals surface area contributed by atoms with E-state index in [1.165, 1.54) is 24.2 Å². The second-order valence-corrected chi connectivity index (χ2v) is 14.7. The van der Waals surface area contributed by atoms with Crippen LogP contribution in [0.1, 0.15) is 47.5 Å². The van der Waals surface area contributed by atoms with E-state index in [2.05, 4.69) is 69.3 Å². The molecule has 0 amide bonds. The van der Waals surface area contributed by atoms with Gasteiger partial charge in [-0.15, -0.1) is 0 Å². The van der Waals surface area contributed by atoms with Gasteiger partial charge in [0.15, 0.2) is 0 Å². The van der Waals surface area contributed by atoms with E-state index >= 15 is 0 Å². The van der Waals surface area contributed by atoms with Crippen molar-refractivity contribution in [3.8, 4) is 0 Å². The van der Waals surface area contributed by atoms with Gasteiger partial charge in [-0.05, 0) is 27.8 Å². The Bertz CT molecular complexity index is 961. The van der Waals surface area contributed by atoms with Crippen LogP contribution in [0.2, 0.25) is 5.04 Å². The highest BCUT2D eigenvalue weighted by Crippen LogP contribution is 2.66. The number of carbonyl (C=O) groups is 2. The molecule has 4 atom stereocenters. The minimum absolute atomic E-state index is 0.0730. The standard InChI is InChI=1S/C27H34O5Si/c1-19(28)30-18-27-17-23(27)24(16-25(27)31-20(2)29)32-33(26(3,4)5,21-12-8-6-9-13-21)22-14-10-7-11-15-22/h6-15,23-25H,16-18H2,1-5H3/t23-,24-,25+,27+/m1/s1. The summed E-state index contributed by atoms with van der Waals surface area (Å²) in [5.41, 5.74) is -0.340. The fraction of sp³-hybridized carbons (Fsp3) is 0.481. The molecule has 2 aliphatic rings. The van der Waals surface area contributed by atoms with Crippen molar-refractivity contribution in [2.75, 3.05) is 6.61 Å². The number of hydrogen-bond acceptors (Lipinski definition) is 5. The lowest BCUT2D eigenvalue weighted by Gasteiger charge is -2.45. The average Bonchev–Trinajstić information content (AvgIpc) is 3.44. The van der Waals surface area contributed by atoms with Crippen LogP contribution in [-0.2, 0) is 23.5 Å². The van der Waals surface area contributed by atoms with Crippen molar-refractivity contribution in [3.05, 3.63) is 60.7 Å². The summed E-state index contributed by atoms with van der Waals surface area (Å²) in [5, 5.41) is 2.32. The number of carbonyl (C=O) groups excluding carboxylic acids is 2. The van der Waals surface area contributed by atoms with Gasteiger partial charge < -0.3 is 13.9 Å². The van der Waals surface area contributed by atoms with Crippen LogP contribution in [0.5, 0.6) is 0 Å². The molecule has 6 heteroatoms. The van der Waals surface area contributed by atoms with Gasteiger partial charge in [-0.25, -0.2) is 0 Å². The van der Waals surface area contributed by atoms with E-state index in [4.69, 9.17) is 13.9 Å². The molecular formula is C27H34O5Si. The molecule has 0 N–H and O–H groups in total. The minimum Gasteiger partial charge on any atom is -0.465 e. The first-order chi connectivity index (χ1) is 15.6. The minimum atomic E-state index is -2.72. The van der Waals surface area contributed by atoms with Crippen LogP contribution >= 0.6 is 0 Å². The summed E-state index contributed by atoms with van der Waals surface area (Å²) in [4.78, 5) is 23.4. The number of benzene rings is 2. The summed E-state index contributed by atoms with van der Waals surface area (Å²) in [6.45, 7) is 9.91. The molecule has 33 heavy (non-hydrogen) atoms. The van der Waals surface area contributed by atoms with E-state index in [1.807, 2.05) is 12.1 Å². The molecule has 0 spiro atoms. The number of esters is 2. The monoisotopic (exact) mass is 466 g/mol. The van der Waals surface area contributed by atoms with Crippen LogP contribution in [0.3, 0.4) is 0 Å². The Labute approximate surface area is 197 Å². The van der Waals surface area contributed by atoms with E-state index in [0.717, 1.165) is 6.42 Å². The van der Waals surface area contributed by atoms with E-state index in [1.54, 1.807) is 0 Å². The molecule has 0 aromatic heterocycles. The first kappa shape index (κ1) is 23.7. The molecule has 2 fully saturated rings. The number of hydrogen-bond donors (Lipinski definition) is 0. The average molecular weight is 467 g/mol. The van der Waals surface area contributed by atoms with Gasteiger partial charge in [0.05, 0.1) is 6.10 Å². The first-order valence-electron chi connectivity index (χ1n) is 11.7. The Balaban J connectivity index is 1.75. The molecule has 0 heterocycles. The molecule has 5 nitrogen and oxygen atoms in total. The number of ether oxygens (including phenoxy) is 2. The molecule has 0 saturated heterocycles. The largest absolute Gasteiger partial charge is 0.465 e. The molecule has 0 aliphatic heterocycles. The molecule has 2 saturated carbocycles. The van der Waals surface area contributed by atoms with Crippen LogP contribution in [-0.4, -0.2) is 39.1 Å². The lowest BCUT2D eigenvalue weighted by Crippen LogP contribution is -2.67. The third kappa shape index (κ3) is 4.26. The summed E-state index contributed by atoms with van der Waals surface area (Å²) >= 11 is 0. The molecule has 0 unspecified atom stereocenters. The zero-order valence-corrected chi connectivity index (χ0v) is 21.2. The van der Waals surface area contributed by atoms with Crippen molar-refractivity contribution >= 4 is 30.6 Å². The molecular weight excluding hydrogens is 432 g/mol. The van der Waals surface area contributed by atoms with Crippen LogP contribution < -0.4 is 10.4 Å². The van der Waals surface area contributed by atoms with E-state index in [9.17, 15) is 9.59 Å². The number of rotatable bonds is 7. The quantitative estimate of drug-likeness (QED) is 0.458. The van der Waals surface area contributed by atoms with Crippen molar-refractivity contribution in [1.82, 2.24) is 0 Å². The maximum absolute atomic E-state index is 11.9. The number of fused-ring (bicyclic) bond motifs is 1. The second-order valence-electron chi connectivity index (χ2n) is 10.5. The highest BCUT2D eigenvalue weighted by Gasteiger charge is 2.71. The lowest BCUT2D eigenvalue weighted by molar-refractivity contribution is -0.153. The van der Waals surface area contributed by atoms with Gasteiger partial charge in [0.2, 0.25) is 0 Å². The maximum atomic E-state index is 11.9. The normalized spacial score (nSPS) is 26.4. The summed E-state index contributed by atoms with van der Waals surface area (Å²) in [6, 6.07) is 21.1. The van der Waals surface area contributed by atoms with Crippen LogP contribution in [0.15, 0.2) is 60.7 Å². The summed E-state index contributed by atoms with van der Waals surface area (Å²) < 4.78 is 18.5. The zero-order chi connectivity index (χ0) is 23.9. The molecule has 2 aromatic rings. The third-order valence-electron chi connectivity index (χ3n) is 7.31. The van der Waals surface area contributed by atoms with Gasteiger partial charge in [-0.3, -0.25) is 9.59 Å². The van der Waals surface area contributed by atoms with Gasteiger partial charge in [-0.1, -0.05) is 81.4 Å². The Hall–Kier alpha value is -2.44. The maximum Gasteiger partial charge on any atom is 0.302 e.